The summed E-state index contributed by atoms with van der Waals surface area (Å²) in [5.41, 5.74) is 4.74. The molecule has 0 aromatic carbocycles. The molecule has 7 heterocycles. The number of nitrogens with one attached hydrogen (secondary N) is 2. The van der Waals surface area contributed by atoms with E-state index in [9.17, 15) is 8.78 Å². The zero-order chi connectivity index (χ0) is 25.9. The van der Waals surface area contributed by atoms with Gasteiger partial charge in [0.25, 0.3) is 5.92 Å². The average molecular weight is 516 g/mol. The van der Waals surface area contributed by atoms with Crippen LogP contribution in [0.5, 0.6) is 0 Å². The first-order chi connectivity index (χ1) is 18.4. The largest absolute Gasteiger partial charge is 0.472 e. The summed E-state index contributed by atoms with van der Waals surface area (Å²) in [7, 11) is 0. The van der Waals surface area contributed by atoms with Crippen LogP contribution in [0.15, 0.2) is 59.9 Å². The van der Waals surface area contributed by atoms with E-state index in [-0.39, 0.29) is 29.6 Å². The summed E-state index contributed by atoms with van der Waals surface area (Å²) in [5.74, 6) is -2.88. The first-order valence-corrected chi connectivity index (χ1v) is 11.9. The summed E-state index contributed by atoms with van der Waals surface area (Å²) >= 11 is 0. The van der Waals surface area contributed by atoms with Crippen molar-refractivity contribution in [2.75, 3.05) is 13.1 Å². The lowest BCUT2D eigenvalue weighted by Crippen LogP contribution is -2.24. The fourth-order valence-corrected chi connectivity index (χ4v) is 4.93. The van der Waals surface area contributed by atoms with Gasteiger partial charge in [-0.2, -0.15) is 5.10 Å². The molecule has 9 nitrogen and oxygen atoms in total. The van der Waals surface area contributed by atoms with Crippen LogP contribution in [0.25, 0.3) is 56.0 Å². The van der Waals surface area contributed by atoms with Crippen LogP contribution in [-0.2, 0) is 6.54 Å². The zero-order valence-corrected chi connectivity index (χ0v) is 19.8. The molecule has 0 spiro atoms. The molecule has 0 aliphatic carbocycles. The molecule has 0 radical (unpaired) electrons. The number of hydrogen-bond acceptors (Lipinski definition) is 7. The lowest BCUT2D eigenvalue weighted by Gasteiger charge is -2.15. The van der Waals surface area contributed by atoms with Crippen molar-refractivity contribution in [1.29, 1.82) is 0 Å². The van der Waals surface area contributed by atoms with Gasteiger partial charge in [-0.3, -0.25) is 15.0 Å². The molecule has 7 rings (SSSR count). The standard InChI is InChI=1S/C26H19F3N8O/c27-20-18(16-7-14(8-30-9-16)11-37-5-3-26(28,29)13-37)10-32-23-19(20)22(35-36-23)25-33-21-17(15-2-6-38-12-15)1-4-31-24(21)34-25/h1-2,4,6-10,12H,3,5,11,13H2,(H,31,33,34)(H,32,35,36). The van der Waals surface area contributed by atoms with Gasteiger partial charge in [0.15, 0.2) is 17.1 Å². The molecule has 1 aliphatic rings. The Morgan fingerprint density at radius 2 is 1.97 bits per heavy atom. The van der Waals surface area contributed by atoms with Crippen LogP contribution in [-0.4, -0.2) is 59.0 Å². The lowest BCUT2D eigenvalue weighted by atomic mass is 10.0. The Morgan fingerprint density at radius 1 is 1.05 bits per heavy atom. The maximum Gasteiger partial charge on any atom is 0.261 e. The number of pyridine rings is 3. The molecular formula is C26H19F3N8O. The molecule has 190 valence electrons. The number of H-pyrrole nitrogens is 2. The normalized spacial score (nSPS) is 15.7. The molecule has 6 aromatic rings. The van der Waals surface area contributed by atoms with Crippen LogP contribution in [0.1, 0.15) is 12.0 Å². The van der Waals surface area contributed by atoms with Gasteiger partial charge in [-0.1, -0.05) is 0 Å². The van der Waals surface area contributed by atoms with Crippen LogP contribution in [0, 0.1) is 5.82 Å². The third kappa shape index (κ3) is 3.80. The molecule has 12 heteroatoms. The van der Waals surface area contributed by atoms with E-state index in [1.54, 1.807) is 35.9 Å². The van der Waals surface area contributed by atoms with E-state index in [0.29, 0.717) is 46.9 Å². The topological polar surface area (TPSA) is 112 Å². The Kier molecular flexibility index (Phi) is 5.05. The number of rotatable bonds is 5. The molecule has 1 fully saturated rings. The van der Waals surface area contributed by atoms with Crippen molar-refractivity contribution in [3.63, 3.8) is 0 Å². The Hall–Kier alpha value is -4.58. The number of aromatic amines is 2. The van der Waals surface area contributed by atoms with Gasteiger partial charge in [0.2, 0.25) is 0 Å². The SMILES string of the molecule is Fc1c(-c2cncc(CN3CCC(F)(F)C3)c2)cnc2n[nH]c(-c3nc4nccc(-c5ccoc5)c4[nH]3)c12. The molecule has 0 unspecified atom stereocenters. The van der Waals surface area contributed by atoms with Crippen LogP contribution in [0.3, 0.4) is 0 Å². The highest BCUT2D eigenvalue weighted by Crippen LogP contribution is 2.34. The number of furan rings is 1. The first kappa shape index (κ1) is 22.6. The maximum absolute atomic E-state index is 16.0. The molecule has 0 atom stereocenters. The molecule has 0 amide bonds. The highest BCUT2D eigenvalue weighted by molar-refractivity contribution is 5.96. The van der Waals surface area contributed by atoms with E-state index >= 15 is 4.39 Å². The second-order valence-electron chi connectivity index (χ2n) is 9.34. The number of alkyl halides is 2. The Bertz CT molecular complexity index is 1790. The van der Waals surface area contributed by atoms with Gasteiger partial charge >= 0.3 is 0 Å². The summed E-state index contributed by atoms with van der Waals surface area (Å²) in [6.45, 7) is 0.300. The fraction of sp³-hybridized carbons (Fsp3) is 0.192. The molecular weight excluding hydrogens is 497 g/mol. The predicted molar refractivity (Wildman–Crippen MR) is 133 cm³/mol. The highest BCUT2D eigenvalue weighted by Gasteiger charge is 2.38. The predicted octanol–water partition coefficient (Wildman–Crippen LogP) is 5.20. The highest BCUT2D eigenvalue weighted by atomic mass is 19.3. The molecule has 1 saturated heterocycles. The van der Waals surface area contributed by atoms with Crippen LogP contribution < -0.4 is 0 Å². The average Bonchev–Trinajstić information content (AvgIpc) is 3.70. The van der Waals surface area contributed by atoms with E-state index in [0.717, 1.165) is 11.1 Å². The van der Waals surface area contributed by atoms with Gasteiger partial charge in [0, 0.05) is 66.6 Å². The minimum absolute atomic E-state index is 0.163. The van der Waals surface area contributed by atoms with Crippen molar-refractivity contribution in [3.8, 4) is 33.8 Å². The summed E-state index contributed by atoms with van der Waals surface area (Å²) in [6, 6.07) is 5.41. The van der Waals surface area contributed by atoms with Gasteiger partial charge in [-0.15, -0.1) is 0 Å². The van der Waals surface area contributed by atoms with Crippen molar-refractivity contribution in [2.45, 2.75) is 18.9 Å². The minimum Gasteiger partial charge on any atom is -0.472 e. The van der Waals surface area contributed by atoms with Crippen LogP contribution in [0.2, 0.25) is 0 Å². The van der Waals surface area contributed by atoms with E-state index in [2.05, 4.69) is 35.1 Å². The number of likely N-dealkylation sites (tertiary alicyclic amines) is 1. The molecule has 1 aliphatic heterocycles. The van der Waals surface area contributed by atoms with Gasteiger partial charge < -0.3 is 9.40 Å². The van der Waals surface area contributed by atoms with Crippen molar-refractivity contribution in [2.24, 2.45) is 0 Å². The summed E-state index contributed by atoms with van der Waals surface area (Å²) in [5, 5.41) is 7.18. The quantitative estimate of drug-likeness (QED) is 0.324. The lowest BCUT2D eigenvalue weighted by molar-refractivity contribution is 0.0115. The number of aromatic nitrogens is 7. The molecule has 2 N–H and O–H groups in total. The van der Waals surface area contributed by atoms with Crippen molar-refractivity contribution in [3.05, 3.63) is 66.9 Å². The van der Waals surface area contributed by atoms with Crippen molar-refractivity contribution >= 4 is 22.2 Å². The second kappa shape index (κ2) is 8.48. The minimum atomic E-state index is -2.69. The Labute approximate surface area is 212 Å². The van der Waals surface area contributed by atoms with Gasteiger partial charge in [0.05, 0.1) is 30.0 Å². The van der Waals surface area contributed by atoms with Gasteiger partial charge in [-0.05, 0) is 23.8 Å². The first-order valence-electron chi connectivity index (χ1n) is 11.9. The monoisotopic (exact) mass is 516 g/mol. The molecule has 0 saturated carbocycles. The van der Waals surface area contributed by atoms with Crippen LogP contribution in [0.4, 0.5) is 13.2 Å². The summed E-state index contributed by atoms with van der Waals surface area (Å²) in [4.78, 5) is 22.4. The number of fused-ring (bicyclic) bond motifs is 2. The Morgan fingerprint density at radius 3 is 2.79 bits per heavy atom. The summed E-state index contributed by atoms with van der Waals surface area (Å²) < 4.78 is 48.5. The third-order valence-electron chi connectivity index (χ3n) is 6.74. The zero-order valence-electron chi connectivity index (χ0n) is 19.8. The van der Waals surface area contributed by atoms with E-state index in [1.807, 2.05) is 12.1 Å². The number of imidazole rings is 1. The Balaban J connectivity index is 1.28. The van der Waals surface area contributed by atoms with E-state index in [1.165, 1.54) is 12.4 Å². The number of nitrogens with zero attached hydrogens (tertiary/aromatic N) is 6. The molecule has 0 bridgehead atoms. The summed E-state index contributed by atoms with van der Waals surface area (Å²) in [6.07, 6.45) is 9.19. The molecule has 38 heavy (non-hydrogen) atoms. The van der Waals surface area contributed by atoms with E-state index in [4.69, 9.17) is 4.42 Å². The van der Waals surface area contributed by atoms with Gasteiger partial charge in [-0.25, -0.2) is 28.1 Å². The van der Waals surface area contributed by atoms with Gasteiger partial charge in [0.1, 0.15) is 11.5 Å². The maximum atomic E-state index is 16.0. The smallest absolute Gasteiger partial charge is 0.261 e. The van der Waals surface area contributed by atoms with Crippen molar-refractivity contribution in [1.82, 2.24) is 40.0 Å². The fourth-order valence-electron chi connectivity index (χ4n) is 4.93. The second-order valence-corrected chi connectivity index (χ2v) is 9.34. The number of hydrogen-bond donors (Lipinski definition) is 2. The molecule has 6 aromatic heterocycles. The number of halogens is 3. The van der Waals surface area contributed by atoms with E-state index < -0.39 is 11.7 Å². The third-order valence-corrected chi connectivity index (χ3v) is 6.74. The van der Waals surface area contributed by atoms with Crippen molar-refractivity contribution < 1.29 is 17.6 Å². The van der Waals surface area contributed by atoms with Crippen LogP contribution >= 0.6 is 0 Å².